The Kier molecular flexibility index (Phi) is 6.05. The zero-order valence-corrected chi connectivity index (χ0v) is 21.3. The number of pyridine rings is 3. The monoisotopic (exact) mass is 518 g/mol. The van der Waals surface area contributed by atoms with Gasteiger partial charge in [-0.25, -0.2) is 19.3 Å². The van der Waals surface area contributed by atoms with Gasteiger partial charge in [0.25, 0.3) is 0 Å². The van der Waals surface area contributed by atoms with Gasteiger partial charge in [-0.1, -0.05) is 31.0 Å². The van der Waals surface area contributed by atoms with Gasteiger partial charge in [-0.15, -0.1) is 0 Å². The summed E-state index contributed by atoms with van der Waals surface area (Å²) in [5.74, 6) is 1.00. The topological polar surface area (TPSA) is 108 Å². The summed E-state index contributed by atoms with van der Waals surface area (Å²) in [6.45, 7) is 1.84. The molecule has 1 aliphatic carbocycles. The third-order valence-electron chi connectivity index (χ3n) is 7.52. The number of hydrogen-bond acceptors (Lipinski definition) is 6. The fourth-order valence-corrected chi connectivity index (χ4v) is 5.51. The van der Waals surface area contributed by atoms with Crippen molar-refractivity contribution in [2.45, 2.75) is 32.2 Å². The van der Waals surface area contributed by atoms with Crippen molar-refractivity contribution in [2.24, 2.45) is 5.92 Å². The Morgan fingerprint density at radius 2 is 1.87 bits per heavy atom. The van der Waals surface area contributed by atoms with Gasteiger partial charge in [0.2, 0.25) is 0 Å². The first-order valence-corrected chi connectivity index (χ1v) is 13.3. The lowest BCUT2D eigenvalue weighted by Crippen LogP contribution is -2.20. The predicted octanol–water partition coefficient (Wildman–Crippen LogP) is 6.04. The molecule has 6 aromatic rings. The number of nitrogens with one attached hydrogen (secondary N) is 3. The first-order chi connectivity index (χ1) is 19.2. The van der Waals surface area contributed by atoms with E-state index in [9.17, 15) is 4.39 Å². The minimum atomic E-state index is -0.303. The van der Waals surface area contributed by atoms with E-state index in [0.29, 0.717) is 39.3 Å². The van der Waals surface area contributed by atoms with Crippen LogP contribution in [-0.2, 0) is 6.54 Å². The number of nitrogens with zero attached hydrogens (tertiary/aromatic N) is 5. The molecule has 0 atom stereocenters. The van der Waals surface area contributed by atoms with Crippen molar-refractivity contribution >= 4 is 22.2 Å². The molecule has 0 radical (unpaired) electrons. The van der Waals surface area contributed by atoms with Gasteiger partial charge >= 0.3 is 0 Å². The molecular weight excluding hydrogens is 491 g/mol. The molecule has 0 bridgehead atoms. The van der Waals surface area contributed by atoms with Gasteiger partial charge in [-0.2, -0.15) is 5.10 Å². The first kappa shape index (κ1) is 23.6. The maximum Gasteiger partial charge on any atom is 0.178 e. The van der Waals surface area contributed by atoms with Crippen molar-refractivity contribution in [3.63, 3.8) is 0 Å². The van der Waals surface area contributed by atoms with Gasteiger partial charge in [0.05, 0.1) is 16.7 Å². The van der Waals surface area contributed by atoms with Crippen molar-refractivity contribution < 1.29 is 4.39 Å². The van der Waals surface area contributed by atoms with E-state index in [2.05, 4.69) is 41.5 Å². The normalized spacial score (nSPS) is 14.1. The fraction of sp³-hybridized carbons (Fsp3) is 0.233. The highest BCUT2D eigenvalue weighted by Crippen LogP contribution is 2.32. The van der Waals surface area contributed by atoms with Gasteiger partial charge in [0.1, 0.15) is 11.3 Å². The second-order valence-corrected chi connectivity index (χ2v) is 10.2. The van der Waals surface area contributed by atoms with Gasteiger partial charge < -0.3 is 10.3 Å². The van der Waals surface area contributed by atoms with Crippen LogP contribution < -0.4 is 5.32 Å². The Morgan fingerprint density at radius 3 is 2.77 bits per heavy atom. The maximum absolute atomic E-state index is 14.6. The Morgan fingerprint density at radius 1 is 0.974 bits per heavy atom. The lowest BCUT2D eigenvalue weighted by molar-refractivity contribution is 0.489. The van der Waals surface area contributed by atoms with E-state index in [4.69, 9.17) is 4.98 Å². The second kappa shape index (κ2) is 9.99. The van der Waals surface area contributed by atoms with E-state index >= 15 is 0 Å². The molecule has 1 saturated carbocycles. The molecule has 194 valence electrons. The largest absolute Gasteiger partial charge is 0.335 e. The molecule has 1 aliphatic rings. The highest BCUT2D eigenvalue weighted by Gasteiger charge is 2.18. The Hall–Kier alpha value is -4.50. The molecule has 0 amide bonds. The van der Waals surface area contributed by atoms with Crippen molar-refractivity contribution in [2.75, 3.05) is 6.54 Å². The van der Waals surface area contributed by atoms with Crippen LogP contribution in [-0.4, -0.2) is 41.7 Å². The van der Waals surface area contributed by atoms with Crippen molar-refractivity contribution in [3.05, 3.63) is 78.5 Å². The number of fused-ring (bicyclic) bond motifs is 2. The van der Waals surface area contributed by atoms with Crippen LogP contribution in [0.25, 0.3) is 56.1 Å². The summed E-state index contributed by atoms with van der Waals surface area (Å²) in [7, 11) is 0. The number of rotatable bonds is 7. The van der Waals surface area contributed by atoms with Gasteiger partial charge in [-0.3, -0.25) is 10.1 Å². The molecule has 9 heteroatoms. The van der Waals surface area contributed by atoms with Gasteiger partial charge in [-0.05, 0) is 61.2 Å². The number of aromatic amines is 2. The quantitative estimate of drug-likeness (QED) is 0.238. The second-order valence-electron chi connectivity index (χ2n) is 10.2. The molecule has 1 aromatic carbocycles. The molecular formula is C30H27FN8. The summed E-state index contributed by atoms with van der Waals surface area (Å²) in [5.41, 5.74) is 7.23. The maximum atomic E-state index is 14.6. The lowest BCUT2D eigenvalue weighted by atomic mass is 10.1. The van der Waals surface area contributed by atoms with Crippen molar-refractivity contribution in [3.8, 4) is 33.9 Å². The zero-order chi connectivity index (χ0) is 26.2. The number of H-pyrrole nitrogens is 2. The Balaban J connectivity index is 1.21. The standard InChI is InChI=1S/C30H27FN8/c31-23-8-4-3-7-21(23)22-11-12-34-29-26(22)36-30(37-29)28-27-25(38-39-28)10-9-24(35-27)20-13-19(16-33-17-20)15-32-14-18-5-1-2-6-18/h3-4,7-13,16-18,32H,1-2,5-6,14-15H2,(H,38,39)(H,34,36,37). The molecule has 39 heavy (non-hydrogen) atoms. The lowest BCUT2D eigenvalue weighted by Gasteiger charge is -2.11. The smallest absolute Gasteiger partial charge is 0.178 e. The average molecular weight is 519 g/mol. The average Bonchev–Trinajstić information content (AvgIpc) is 3.73. The minimum Gasteiger partial charge on any atom is -0.335 e. The van der Waals surface area contributed by atoms with Crippen LogP contribution in [0.15, 0.2) is 67.1 Å². The van der Waals surface area contributed by atoms with E-state index in [0.717, 1.165) is 41.3 Å². The number of imidazole rings is 1. The SMILES string of the molecule is Fc1ccccc1-c1ccnc2nc(-c3n[nH]c4ccc(-c5cncc(CNCC6CCCC6)c5)nc34)[nH]c12. The molecule has 0 unspecified atom stereocenters. The molecule has 5 aromatic heterocycles. The van der Waals surface area contributed by atoms with Crippen LogP contribution >= 0.6 is 0 Å². The third-order valence-corrected chi connectivity index (χ3v) is 7.52. The Labute approximate surface area is 224 Å². The zero-order valence-electron chi connectivity index (χ0n) is 21.3. The summed E-state index contributed by atoms with van der Waals surface area (Å²) in [4.78, 5) is 21.8. The number of halogens is 1. The van der Waals surface area contributed by atoms with Crippen LogP contribution in [0, 0.1) is 11.7 Å². The van der Waals surface area contributed by atoms with Gasteiger partial charge in [0.15, 0.2) is 17.2 Å². The number of aromatic nitrogens is 7. The highest BCUT2D eigenvalue weighted by atomic mass is 19.1. The van der Waals surface area contributed by atoms with Crippen LogP contribution in [0.2, 0.25) is 0 Å². The number of benzene rings is 1. The fourth-order valence-electron chi connectivity index (χ4n) is 5.51. The van der Waals surface area contributed by atoms with Gasteiger partial charge in [0, 0.05) is 41.8 Å². The summed E-state index contributed by atoms with van der Waals surface area (Å²) in [6, 6.07) is 14.5. The van der Waals surface area contributed by atoms with E-state index in [1.165, 1.54) is 31.7 Å². The van der Waals surface area contributed by atoms with Crippen LogP contribution in [0.3, 0.4) is 0 Å². The van der Waals surface area contributed by atoms with Crippen LogP contribution in [0.5, 0.6) is 0 Å². The minimum absolute atomic E-state index is 0.303. The summed E-state index contributed by atoms with van der Waals surface area (Å²) in [5, 5.41) is 11.1. The predicted molar refractivity (Wildman–Crippen MR) is 149 cm³/mol. The molecule has 0 saturated heterocycles. The summed E-state index contributed by atoms with van der Waals surface area (Å²) < 4.78 is 14.6. The van der Waals surface area contributed by atoms with Crippen molar-refractivity contribution in [1.29, 1.82) is 0 Å². The van der Waals surface area contributed by atoms with E-state index in [1.54, 1.807) is 24.4 Å². The molecule has 3 N–H and O–H groups in total. The molecule has 0 aliphatic heterocycles. The van der Waals surface area contributed by atoms with Crippen LogP contribution in [0.1, 0.15) is 31.2 Å². The van der Waals surface area contributed by atoms with E-state index in [1.807, 2.05) is 30.6 Å². The molecule has 8 nitrogen and oxygen atoms in total. The first-order valence-electron chi connectivity index (χ1n) is 13.3. The molecule has 1 fully saturated rings. The van der Waals surface area contributed by atoms with Crippen LogP contribution in [0.4, 0.5) is 4.39 Å². The summed E-state index contributed by atoms with van der Waals surface area (Å²) >= 11 is 0. The molecule has 0 spiro atoms. The summed E-state index contributed by atoms with van der Waals surface area (Å²) in [6.07, 6.45) is 10.7. The highest BCUT2D eigenvalue weighted by molar-refractivity contribution is 5.95. The third kappa shape index (κ3) is 4.55. The Bertz CT molecular complexity index is 1780. The molecule has 5 heterocycles. The molecule has 7 rings (SSSR count). The van der Waals surface area contributed by atoms with E-state index in [-0.39, 0.29) is 5.82 Å². The van der Waals surface area contributed by atoms with E-state index < -0.39 is 0 Å². The van der Waals surface area contributed by atoms with Crippen molar-refractivity contribution in [1.82, 2.24) is 40.4 Å². The number of hydrogen-bond donors (Lipinski definition) is 3.